The van der Waals surface area contributed by atoms with Gasteiger partial charge in [0.25, 0.3) is 0 Å². The average molecular weight is 337 g/mol. The monoisotopic (exact) mass is 336 g/mol. The van der Waals surface area contributed by atoms with Gasteiger partial charge in [0.2, 0.25) is 0 Å². The molecule has 4 heteroatoms. The maximum absolute atomic E-state index is 5.86. The van der Waals surface area contributed by atoms with Crippen LogP contribution in [0.1, 0.15) is 24.8 Å². The molecule has 1 aromatic carbocycles. The zero-order chi connectivity index (χ0) is 13.1. The maximum atomic E-state index is 5.86. The summed E-state index contributed by atoms with van der Waals surface area (Å²) in [6.07, 6.45) is 4.38. The molecule has 3 fully saturated rings. The lowest BCUT2D eigenvalue weighted by atomic mass is 10.0. The molecule has 0 aliphatic heterocycles. The normalized spacial score (nSPS) is 38.1. The second-order valence-corrected chi connectivity index (χ2v) is 7.48. The Labute approximate surface area is 127 Å². The van der Waals surface area contributed by atoms with Gasteiger partial charge in [-0.25, -0.2) is 0 Å². The van der Waals surface area contributed by atoms with Crippen LogP contribution in [0.4, 0.5) is 5.69 Å². The third-order valence-corrected chi connectivity index (χ3v) is 6.18. The molecule has 0 heterocycles. The first-order valence-electron chi connectivity index (χ1n) is 7.01. The molecule has 2 nitrogen and oxygen atoms in total. The first-order valence-corrected chi connectivity index (χ1v) is 8.22. The highest BCUT2D eigenvalue weighted by molar-refractivity contribution is 9.10. The standard InChI is InChI=1S/C15H17BrN2S/c16-9-2-1-3-10(13(9)15(17)19)18-14-11-7-4-5-8(6-7)12(11)14/h1-3,7-8,11-12,14,18H,4-6H2,(H2,17,19). The van der Waals surface area contributed by atoms with Gasteiger partial charge in [0.15, 0.2) is 0 Å². The van der Waals surface area contributed by atoms with Crippen molar-refractivity contribution in [1.29, 1.82) is 0 Å². The van der Waals surface area contributed by atoms with Gasteiger partial charge in [-0.15, -0.1) is 0 Å². The third-order valence-electron chi connectivity index (χ3n) is 5.32. The summed E-state index contributed by atoms with van der Waals surface area (Å²) >= 11 is 8.73. The minimum atomic E-state index is 0.462. The molecule has 3 saturated carbocycles. The van der Waals surface area contributed by atoms with E-state index in [2.05, 4.69) is 27.3 Å². The zero-order valence-corrected chi connectivity index (χ0v) is 13.0. The van der Waals surface area contributed by atoms with Gasteiger partial charge in [-0.05, 0) is 71.0 Å². The van der Waals surface area contributed by atoms with E-state index in [4.69, 9.17) is 18.0 Å². The molecule has 0 aromatic heterocycles. The van der Waals surface area contributed by atoms with E-state index >= 15 is 0 Å². The van der Waals surface area contributed by atoms with Crippen molar-refractivity contribution in [3.63, 3.8) is 0 Å². The second kappa shape index (κ2) is 4.19. The molecule has 3 aliphatic carbocycles. The molecule has 0 radical (unpaired) electrons. The van der Waals surface area contributed by atoms with Crippen LogP contribution in [0, 0.1) is 23.7 Å². The minimum Gasteiger partial charge on any atom is -0.389 e. The van der Waals surface area contributed by atoms with Crippen LogP contribution < -0.4 is 11.1 Å². The summed E-state index contributed by atoms with van der Waals surface area (Å²) in [6.45, 7) is 0. The molecule has 0 spiro atoms. The number of anilines is 1. The molecular formula is C15H17BrN2S. The van der Waals surface area contributed by atoms with Crippen molar-refractivity contribution in [1.82, 2.24) is 0 Å². The SMILES string of the molecule is NC(=S)c1c(Br)cccc1NC1C2C3CCC(C3)C12. The molecule has 4 rings (SSSR count). The Balaban J connectivity index is 1.59. The Hall–Kier alpha value is -0.610. The molecule has 1 aromatic rings. The van der Waals surface area contributed by atoms with Gasteiger partial charge in [-0.1, -0.05) is 18.3 Å². The summed E-state index contributed by atoms with van der Waals surface area (Å²) in [7, 11) is 0. The number of halogens is 1. The number of hydrogen-bond donors (Lipinski definition) is 2. The predicted molar refractivity (Wildman–Crippen MR) is 85.3 cm³/mol. The maximum Gasteiger partial charge on any atom is 0.107 e. The van der Waals surface area contributed by atoms with Gasteiger partial charge >= 0.3 is 0 Å². The van der Waals surface area contributed by atoms with E-state index in [0.717, 1.165) is 39.4 Å². The molecule has 4 atom stereocenters. The van der Waals surface area contributed by atoms with Crippen LogP contribution >= 0.6 is 28.1 Å². The Morgan fingerprint density at radius 1 is 1.26 bits per heavy atom. The number of nitrogens with one attached hydrogen (secondary N) is 1. The molecule has 2 bridgehead atoms. The highest BCUT2D eigenvalue weighted by atomic mass is 79.9. The molecule has 19 heavy (non-hydrogen) atoms. The number of hydrogen-bond acceptors (Lipinski definition) is 2. The summed E-state index contributed by atoms with van der Waals surface area (Å²) in [5.74, 6) is 3.79. The van der Waals surface area contributed by atoms with Crippen LogP contribution in [0.5, 0.6) is 0 Å². The third kappa shape index (κ3) is 1.76. The van der Waals surface area contributed by atoms with Gasteiger partial charge < -0.3 is 11.1 Å². The number of benzene rings is 1. The fourth-order valence-electron chi connectivity index (χ4n) is 4.59. The lowest BCUT2D eigenvalue weighted by molar-refractivity contribution is 0.456. The van der Waals surface area contributed by atoms with Crippen LogP contribution in [-0.2, 0) is 0 Å². The number of fused-ring (bicyclic) bond motifs is 5. The van der Waals surface area contributed by atoms with E-state index in [9.17, 15) is 0 Å². The van der Waals surface area contributed by atoms with E-state index in [0.29, 0.717) is 11.0 Å². The molecule has 0 amide bonds. The van der Waals surface area contributed by atoms with Crippen molar-refractivity contribution in [2.75, 3.05) is 5.32 Å². The van der Waals surface area contributed by atoms with E-state index in [1.54, 1.807) is 0 Å². The largest absolute Gasteiger partial charge is 0.389 e. The minimum absolute atomic E-state index is 0.462. The average Bonchev–Trinajstić information content (AvgIpc) is 2.78. The molecule has 3 aliphatic rings. The quantitative estimate of drug-likeness (QED) is 0.829. The van der Waals surface area contributed by atoms with Crippen molar-refractivity contribution in [2.45, 2.75) is 25.3 Å². The second-order valence-electron chi connectivity index (χ2n) is 6.18. The number of nitrogens with two attached hydrogens (primary N) is 1. The molecule has 3 N–H and O–H groups in total. The Morgan fingerprint density at radius 2 is 1.95 bits per heavy atom. The molecule has 4 unspecified atom stereocenters. The van der Waals surface area contributed by atoms with Crippen LogP contribution in [0.3, 0.4) is 0 Å². The smallest absolute Gasteiger partial charge is 0.107 e. The molecular weight excluding hydrogens is 320 g/mol. The predicted octanol–water partition coefficient (Wildman–Crippen LogP) is 3.54. The van der Waals surface area contributed by atoms with Crippen LogP contribution in [0.2, 0.25) is 0 Å². The lowest BCUT2D eigenvalue weighted by Gasteiger charge is -2.15. The van der Waals surface area contributed by atoms with Crippen molar-refractivity contribution < 1.29 is 0 Å². The summed E-state index contributed by atoms with van der Waals surface area (Å²) in [5, 5.41) is 3.71. The van der Waals surface area contributed by atoms with E-state index in [-0.39, 0.29) is 0 Å². The Bertz CT molecular complexity index is 543. The number of thiocarbonyl (C=S) groups is 1. The highest BCUT2D eigenvalue weighted by Gasteiger charge is 2.65. The summed E-state index contributed by atoms with van der Waals surface area (Å²) < 4.78 is 0.985. The molecule has 0 saturated heterocycles. The van der Waals surface area contributed by atoms with Crippen LogP contribution in [0.15, 0.2) is 22.7 Å². The van der Waals surface area contributed by atoms with Gasteiger partial charge in [0.05, 0.1) is 0 Å². The van der Waals surface area contributed by atoms with Crippen molar-refractivity contribution in [3.05, 3.63) is 28.2 Å². The topological polar surface area (TPSA) is 38.0 Å². The van der Waals surface area contributed by atoms with E-state index in [1.807, 2.05) is 12.1 Å². The zero-order valence-electron chi connectivity index (χ0n) is 10.6. The summed E-state index contributed by atoms with van der Waals surface area (Å²) in [6, 6.07) is 6.79. The van der Waals surface area contributed by atoms with E-state index < -0.39 is 0 Å². The summed E-state index contributed by atoms with van der Waals surface area (Å²) in [5.41, 5.74) is 7.91. The van der Waals surface area contributed by atoms with Crippen molar-refractivity contribution in [3.8, 4) is 0 Å². The number of rotatable bonds is 3. The first-order chi connectivity index (χ1) is 9.16. The Morgan fingerprint density at radius 3 is 2.58 bits per heavy atom. The summed E-state index contributed by atoms with van der Waals surface area (Å²) in [4.78, 5) is 0.462. The fraction of sp³-hybridized carbons (Fsp3) is 0.533. The van der Waals surface area contributed by atoms with Crippen molar-refractivity contribution >= 4 is 38.8 Å². The fourth-order valence-corrected chi connectivity index (χ4v) is 5.52. The Kier molecular flexibility index (Phi) is 2.68. The van der Waals surface area contributed by atoms with Crippen LogP contribution in [-0.4, -0.2) is 11.0 Å². The van der Waals surface area contributed by atoms with Gasteiger partial charge in [0, 0.05) is 21.8 Å². The highest BCUT2D eigenvalue weighted by Crippen LogP contribution is 2.66. The lowest BCUT2D eigenvalue weighted by Crippen LogP contribution is -2.18. The molecule has 100 valence electrons. The van der Waals surface area contributed by atoms with Crippen molar-refractivity contribution in [2.24, 2.45) is 29.4 Å². The van der Waals surface area contributed by atoms with Gasteiger partial charge in [-0.2, -0.15) is 0 Å². The van der Waals surface area contributed by atoms with E-state index in [1.165, 1.54) is 19.3 Å². The van der Waals surface area contributed by atoms with Gasteiger partial charge in [0.1, 0.15) is 4.99 Å². The van der Waals surface area contributed by atoms with Crippen LogP contribution in [0.25, 0.3) is 0 Å². The van der Waals surface area contributed by atoms with Gasteiger partial charge in [-0.3, -0.25) is 0 Å². The first kappa shape index (κ1) is 12.2.